The van der Waals surface area contributed by atoms with E-state index >= 15 is 0 Å². The molecule has 0 N–H and O–H groups in total. The Morgan fingerprint density at radius 1 is 1.29 bits per heavy atom. The number of benzene rings is 1. The Morgan fingerprint density at radius 3 is 2.64 bits per heavy atom. The van der Waals surface area contributed by atoms with E-state index in [4.69, 9.17) is 0 Å². The van der Waals surface area contributed by atoms with Crippen molar-refractivity contribution in [2.75, 3.05) is 0 Å². The van der Waals surface area contributed by atoms with Crippen LogP contribution in [0.3, 0.4) is 0 Å². The third kappa shape index (κ3) is 3.45. The van der Waals surface area contributed by atoms with Crippen molar-refractivity contribution in [3.8, 4) is 0 Å². The molecule has 0 amide bonds. The second kappa shape index (κ2) is 6.23. The van der Waals surface area contributed by atoms with Gasteiger partial charge in [-0.1, -0.05) is 54.8 Å². The lowest BCUT2D eigenvalue weighted by atomic mass is 9.91. The molecule has 0 bridgehead atoms. The van der Waals surface area contributed by atoms with Crippen LogP contribution in [0.4, 0.5) is 0 Å². The average Bonchev–Trinajstić information content (AvgIpc) is 2.19. The minimum atomic E-state index is 0.743. The van der Waals surface area contributed by atoms with Crippen LogP contribution in [0.5, 0.6) is 0 Å². The molecule has 0 spiro atoms. The SMILES string of the molecule is CCCCC(CC)c1cccc(Br)c1. The standard InChI is InChI=1S/C13H19Br/c1-3-5-7-11(4-2)12-8-6-9-13(14)10-12/h6,8-11H,3-5,7H2,1-2H3. The van der Waals surface area contributed by atoms with Gasteiger partial charge in [0, 0.05) is 4.47 Å². The van der Waals surface area contributed by atoms with Crippen LogP contribution in [0, 0.1) is 0 Å². The Hall–Kier alpha value is -0.300. The van der Waals surface area contributed by atoms with E-state index in [1.165, 1.54) is 35.7 Å². The average molecular weight is 255 g/mol. The molecule has 0 saturated carbocycles. The summed E-state index contributed by atoms with van der Waals surface area (Å²) >= 11 is 3.53. The Kier molecular flexibility index (Phi) is 5.24. The van der Waals surface area contributed by atoms with Gasteiger partial charge < -0.3 is 0 Å². The first kappa shape index (κ1) is 11.8. The van der Waals surface area contributed by atoms with Crippen molar-refractivity contribution >= 4 is 15.9 Å². The molecular weight excluding hydrogens is 236 g/mol. The minimum absolute atomic E-state index is 0.743. The molecule has 0 aliphatic carbocycles. The largest absolute Gasteiger partial charge is 0.0654 e. The molecule has 0 saturated heterocycles. The number of unbranched alkanes of at least 4 members (excludes halogenated alkanes) is 1. The van der Waals surface area contributed by atoms with Crippen molar-refractivity contribution in [3.63, 3.8) is 0 Å². The summed E-state index contributed by atoms with van der Waals surface area (Å²) in [6.45, 7) is 4.54. The fraction of sp³-hybridized carbons (Fsp3) is 0.538. The number of hydrogen-bond donors (Lipinski definition) is 0. The molecule has 1 aromatic carbocycles. The van der Waals surface area contributed by atoms with E-state index < -0.39 is 0 Å². The summed E-state index contributed by atoms with van der Waals surface area (Å²) in [5.74, 6) is 0.743. The van der Waals surface area contributed by atoms with Crippen molar-refractivity contribution in [1.82, 2.24) is 0 Å². The zero-order chi connectivity index (χ0) is 10.4. The second-order valence-corrected chi connectivity index (χ2v) is 4.72. The topological polar surface area (TPSA) is 0 Å². The van der Waals surface area contributed by atoms with Crippen LogP contribution in [-0.4, -0.2) is 0 Å². The first-order valence-electron chi connectivity index (χ1n) is 5.53. The Balaban J connectivity index is 2.68. The third-order valence-electron chi connectivity index (χ3n) is 2.72. The molecule has 14 heavy (non-hydrogen) atoms. The molecule has 1 unspecified atom stereocenters. The van der Waals surface area contributed by atoms with E-state index in [0.29, 0.717) is 0 Å². The number of hydrogen-bond acceptors (Lipinski definition) is 0. The van der Waals surface area contributed by atoms with Gasteiger partial charge >= 0.3 is 0 Å². The quantitative estimate of drug-likeness (QED) is 0.683. The van der Waals surface area contributed by atoms with Crippen molar-refractivity contribution in [3.05, 3.63) is 34.3 Å². The van der Waals surface area contributed by atoms with Gasteiger partial charge in [-0.3, -0.25) is 0 Å². The maximum absolute atomic E-state index is 3.53. The summed E-state index contributed by atoms with van der Waals surface area (Å²) in [5, 5.41) is 0. The second-order valence-electron chi connectivity index (χ2n) is 3.80. The highest BCUT2D eigenvalue weighted by Gasteiger charge is 2.08. The molecule has 0 radical (unpaired) electrons. The number of halogens is 1. The highest BCUT2D eigenvalue weighted by atomic mass is 79.9. The predicted molar refractivity (Wildman–Crippen MR) is 66.7 cm³/mol. The zero-order valence-corrected chi connectivity index (χ0v) is 10.7. The van der Waals surface area contributed by atoms with E-state index in [1.54, 1.807) is 0 Å². The zero-order valence-electron chi connectivity index (χ0n) is 9.09. The maximum Gasteiger partial charge on any atom is 0.0178 e. The molecule has 1 aromatic rings. The minimum Gasteiger partial charge on any atom is -0.0654 e. The van der Waals surface area contributed by atoms with Crippen LogP contribution in [0.25, 0.3) is 0 Å². The smallest absolute Gasteiger partial charge is 0.0178 e. The Morgan fingerprint density at radius 2 is 2.07 bits per heavy atom. The molecule has 0 heterocycles. The van der Waals surface area contributed by atoms with Crippen LogP contribution in [0.15, 0.2) is 28.7 Å². The van der Waals surface area contributed by atoms with Gasteiger partial charge in [0.1, 0.15) is 0 Å². The molecule has 0 aromatic heterocycles. The summed E-state index contributed by atoms with van der Waals surface area (Å²) in [6.07, 6.45) is 5.20. The van der Waals surface area contributed by atoms with Crippen molar-refractivity contribution < 1.29 is 0 Å². The molecule has 1 heteroatoms. The molecule has 0 aliphatic rings. The summed E-state index contributed by atoms with van der Waals surface area (Å²) in [4.78, 5) is 0. The normalized spacial score (nSPS) is 12.8. The summed E-state index contributed by atoms with van der Waals surface area (Å²) in [7, 11) is 0. The molecule has 1 atom stereocenters. The fourth-order valence-electron chi connectivity index (χ4n) is 1.82. The monoisotopic (exact) mass is 254 g/mol. The lowest BCUT2D eigenvalue weighted by molar-refractivity contribution is 0.569. The molecule has 78 valence electrons. The van der Waals surface area contributed by atoms with Gasteiger partial charge in [0.15, 0.2) is 0 Å². The van der Waals surface area contributed by atoms with Gasteiger partial charge in [0.2, 0.25) is 0 Å². The Labute approximate surface area is 95.9 Å². The van der Waals surface area contributed by atoms with Gasteiger partial charge in [0.25, 0.3) is 0 Å². The fourth-order valence-corrected chi connectivity index (χ4v) is 2.23. The molecule has 0 fully saturated rings. The van der Waals surface area contributed by atoms with E-state index in [9.17, 15) is 0 Å². The van der Waals surface area contributed by atoms with Crippen molar-refractivity contribution in [2.45, 2.75) is 45.4 Å². The van der Waals surface area contributed by atoms with Crippen LogP contribution in [0.1, 0.15) is 51.0 Å². The lowest BCUT2D eigenvalue weighted by Crippen LogP contribution is -1.96. The highest BCUT2D eigenvalue weighted by molar-refractivity contribution is 9.10. The molecule has 0 nitrogen and oxygen atoms in total. The van der Waals surface area contributed by atoms with Crippen molar-refractivity contribution in [1.29, 1.82) is 0 Å². The van der Waals surface area contributed by atoms with Crippen molar-refractivity contribution in [2.24, 2.45) is 0 Å². The number of rotatable bonds is 5. The summed E-state index contributed by atoms with van der Waals surface area (Å²) in [5.41, 5.74) is 1.48. The van der Waals surface area contributed by atoms with Gasteiger partial charge in [-0.15, -0.1) is 0 Å². The van der Waals surface area contributed by atoms with E-state index in [-0.39, 0.29) is 0 Å². The van der Waals surface area contributed by atoms with Gasteiger partial charge in [-0.05, 0) is 36.5 Å². The Bertz CT molecular complexity index is 268. The maximum atomic E-state index is 3.53. The van der Waals surface area contributed by atoms with Gasteiger partial charge in [-0.25, -0.2) is 0 Å². The molecule has 0 aliphatic heterocycles. The predicted octanol–water partition coefficient (Wildman–Crippen LogP) is 5.13. The van der Waals surface area contributed by atoms with Crippen LogP contribution < -0.4 is 0 Å². The van der Waals surface area contributed by atoms with Crippen LogP contribution in [0.2, 0.25) is 0 Å². The third-order valence-corrected chi connectivity index (χ3v) is 3.21. The highest BCUT2D eigenvalue weighted by Crippen LogP contribution is 2.27. The molecular formula is C13H19Br. The van der Waals surface area contributed by atoms with Gasteiger partial charge in [0.05, 0.1) is 0 Å². The van der Waals surface area contributed by atoms with Crippen LogP contribution >= 0.6 is 15.9 Å². The first-order chi connectivity index (χ1) is 6.77. The van der Waals surface area contributed by atoms with E-state index in [2.05, 4.69) is 54.0 Å². The summed E-state index contributed by atoms with van der Waals surface area (Å²) in [6, 6.07) is 8.72. The first-order valence-corrected chi connectivity index (χ1v) is 6.32. The van der Waals surface area contributed by atoms with Gasteiger partial charge in [-0.2, -0.15) is 0 Å². The van der Waals surface area contributed by atoms with Crippen LogP contribution in [-0.2, 0) is 0 Å². The van der Waals surface area contributed by atoms with E-state index in [1.807, 2.05) is 0 Å². The summed E-state index contributed by atoms with van der Waals surface area (Å²) < 4.78 is 1.20. The lowest BCUT2D eigenvalue weighted by Gasteiger charge is -2.14. The van der Waals surface area contributed by atoms with E-state index in [0.717, 1.165) is 5.92 Å². The molecule has 1 rings (SSSR count).